The van der Waals surface area contributed by atoms with Gasteiger partial charge in [0.1, 0.15) is 34.5 Å². The van der Waals surface area contributed by atoms with Crippen molar-refractivity contribution in [3.8, 4) is 11.3 Å². The van der Waals surface area contributed by atoms with Crippen LogP contribution in [-0.4, -0.2) is 75.5 Å². The molecule has 1 unspecified atom stereocenters. The summed E-state index contributed by atoms with van der Waals surface area (Å²) < 4.78 is 15.2. The van der Waals surface area contributed by atoms with Gasteiger partial charge in [-0.2, -0.15) is 5.10 Å². The predicted octanol–water partition coefficient (Wildman–Crippen LogP) is 2.99. The van der Waals surface area contributed by atoms with E-state index in [1.807, 2.05) is 6.92 Å². The van der Waals surface area contributed by atoms with Gasteiger partial charge in [-0.1, -0.05) is 6.92 Å². The van der Waals surface area contributed by atoms with Crippen LogP contribution in [0.5, 0.6) is 0 Å². The maximum absolute atomic E-state index is 13.9. The van der Waals surface area contributed by atoms with Crippen molar-refractivity contribution in [2.75, 3.05) is 5.32 Å². The minimum atomic E-state index is -0.902. The van der Waals surface area contributed by atoms with Gasteiger partial charge in [0.15, 0.2) is 11.6 Å². The molecule has 4 aromatic rings. The molecule has 0 radical (unpaired) electrons. The molecule has 0 spiro atoms. The molecule has 1 aliphatic carbocycles. The van der Waals surface area contributed by atoms with Crippen LogP contribution in [0.25, 0.3) is 22.2 Å². The normalized spacial score (nSPS) is 22.7. The van der Waals surface area contributed by atoms with E-state index in [0.717, 1.165) is 0 Å². The van der Waals surface area contributed by atoms with Crippen molar-refractivity contribution in [1.29, 1.82) is 0 Å². The van der Waals surface area contributed by atoms with Gasteiger partial charge >= 0.3 is 0 Å². The van der Waals surface area contributed by atoms with E-state index in [1.165, 1.54) is 28.8 Å². The summed E-state index contributed by atoms with van der Waals surface area (Å²) in [5, 5.41) is 18.3. The van der Waals surface area contributed by atoms with E-state index in [2.05, 4.69) is 46.3 Å². The maximum Gasteiger partial charge on any atom is 0.248 e. The number of halogens is 2. The van der Waals surface area contributed by atoms with Crippen LogP contribution in [0.1, 0.15) is 42.1 Å². The monoisotopic (exact) mass is 636 g/mol. The Hall–Kier alpha value is -4.17. The van der Waals surface area contributed by atoms with Crippen LogP contribution in [-0.2, 0) is 16.1 Å². The third kappa shape index (κ3) is 4.54. The summed E-state index contributed by atoms with van der Waals surface area (Å²) >= 11 is 3.03. The first kappa shape index (κ1) is 28.0. The van der Waals surface area contributed by atoms with Gasteiger partial charge in [-0.3, -0.25) is 24.0 Å². The van der Waals surface area contributed by atoms with E-state index < -0.39 is 41.2 Å². The van der Waals surface area contributed by atoms with Crippen molar-refractivity contribution in [2.45, 2.75) is 58.8 Å². The van der Waals surface area contributed by atoms with Crippen molar-refractivity contribution in [3.63, 3.8) is 0 Å². The van der Waals surface area contributed by atoms with Gasteiger partial charge in [0, 0.05) is 35.7 Å². The second-order valence-corrected chi connectivity index (χ2v) is 11.8. The highest BCUT2D eigenvalue weighted by Crippen LogP contribution is 2.59. The fourth-order valence-corrected chi connectivity index (χ4v) is 6.01. The molecular weight excluding hydrogens is 611 g/mol. The highest BCUT2D eigenvalue weighted by molar-refractivity contribution is 9.10. The fourth-order valence-electron chi connectivity index (χ4n) is 5.71. The largest absolute Gasteiger partial charge is 0.390 e. The third-order valence-electron chi connectivity index (χ3n) is 8.10. The number of aromatic nitrogens is 6. The smallest absolute Gasteiger partial charge is 0.248 e. The second-order valence-electron chi connectivity index (χ2n) is 11.0. The van der Waals surface area contributed by atoms with E-state index in [9.17, 15) is 23.9 Å². The van der Waals surface area contributed by atoms with Crippen LogP contribution < -0.4 is 5.32 Å². The lowest BCUT2D eigenvalue weighted by molar-refractivity contribution is -0.139. The van der Waals surface area contributed by atoms with Crippen LogP contribution in [0.4, 0.5) is 10.2 Å². The lowest BCUT2D eigenvalue weighted by atomic mass is 10.0. The van der Waals surface area contributed by atoms with Gasteiger partial charge in [0.25, 0.3) is 0 Å². The number of carbonyl (C=O) groups excluding carboxylic acids is 3. The summed E-state index contributed by atoms with van der Waals surface area (Å²) in [5.41, 5.74) is 1.60. The van der Waals surface area contributed by atoms with Crippen LogP contribution in [0, 0.1) is 25.1 Å². The number of aliphatic hydroxyl groups is 1. The van der Waals surface area contributed by atoms with Gasteiger partial charge in [-0.05, 0) is 53.9 Å². The number of Topliss-reactive ketones (excluding diaryl/α,β-unsaturated/α-hetero) is 1. The Labute approximate surface area is 247 Å². The van der Waals surface area contributed by atoms with Crippen molar-refractivity contribution in [3.05, 3.63) is 58.2 Å². The summed E-state index contributed by atoms with van der Waals surface area (Å²) in [5.74, 6) is -1.04. The zero-order chi connectivity index (χ0) is 30.1. The van der Waals surface area contributed by atoms with Crippen LogP contribution in [0.2, 0.25) is 0 Å². The minimum absolute atomic E-state index is 0.0495. The highest BCUT2D eigenvalue weighted by Gasteiger charge is 2.72. The first-order chi connectivity index (χ1) is 19.9. The van der Waals surface area contributed by atoms with Crippen molar-refractivity contribution >= 4 is 50.2 Å². The van der Waals surface area contributed by atoms with Crippen LogP contribution in [0.15, 0.2) is 35.3 Å². The SMILES string of the molecule is CC(=O)c1nn(CC(=O)N2C3[C@H](O)[C@]3(C)C[C@H]2C(=O)Nc2nc(Br)c(F)cc2C)c2cnc(-c3cnc(C)nc3)cc12. The number of hydrogen-bond acceptors (Lipinski definition) is 9. The number of amides is 2. The third-order valence-corrected chi connectivity index (χ3v) is 8.65. The molecule has 0 aromatic carbocycles. The van der Waals surface area contributed by atoms with Crippen LogP contribution >= 0.6 is 15.9 Å². The Morgan fingerprint density at radius 2 is 1.88 bits per heavy atom. The van der Waals surface area contributed by atoms with E-state index in [1.54, 1.807) is 32.3 Å². The standard InChI is InChI=1S/C28H26BrFN8O4/c1-12-5-17(30)25(29)34-26(12)35-27(42)19-7-28(4)23(24(28)41)38(19)21(40)11-37-20-10-33-18(15-8-31-14(3)32-9-15)6-16(20)22(36-37)13(2)39/h5-6,8-10,19,23-24,41H,7,11H2,1-4H3,(H,34,35,42)/t19-,23?,24-,28+/m0/s1. The molecule has 216 valence electrons. The van der Waals surface area contributed by atoms with E-state index in [4.69, 9.17) is 0 Å². The number of likely N-dealkylation sites (tertiary alicyclic amines) is 1. The van der Waals surface area contributed by atoms with Crippen LogP contribution in [0.3, 0.4) is 0 Å². The molecule has 6 rings (SSSR count). The van der Waals surface area contributed by atoms with E-state index in [0.29, 0.717) is 33.5 Å². The summed E-state index contributed by atoms with van der Waals surface area (Å²) in [6.45, 7) is 6.30. The summed E-state index contributed by atoms with van der Waals surface area (Å²) in [4.78, 5) is 58.1. The Balaban J connectivity index is 1.30. The average molecular weight is 637 g/mol. The average Bonchev–Trinajstić information content (AvgIpc) is 3.22. The molecule has 0 bridgehead atoms. The lowest BCUT2D eigenvalue weighted by Crippen LogP contribution is -2.48. The number of aryl methyl sites for hydroxylation is 2. The molecule has 42 heavy (non-hydrogen) atoms. The number of carbonyl (C=O) groups is 3. The Kier molecular flexibility index (Phi) is 6.65. The molecule has 4 aromatic heterocycles. The number of fused-ring (bicyclic) bond motifs is 2. The number of nitrogens with zero attached hydrogens (tertiary/aromatic N) is 7. The predicted molar refractivity (Wildman–Crippen MR) is 152 cm³/mol. The number of nitrogens with one attached hydrogen (secondary N) is 1. The Bertz CT molecular complexity index is 1790. The molecule has 2 amide bonds. The number of rotatable bonds is 6. The zero-order valence-electron chi connectivity index (χ0n) is 23.1. The molecule has 1 saturated carbocycles. The topological polar surface area (TPSA) is 156 Å². The summed E-state index contributed by atoms with van der Waals surface area (Å²) in [7, 11) is 0. The van der Waals surface area contributed by atoms with Crippen molar-refractivity contribution in [2.24, 2.45) is 5.41 Å². The van der Waals surface area contributed by atoms with Gasteiger partial charge in [-0.15, -0.1) is 0 Å². The van der Waals surface area contributed by atoms with Gasteiger partial charge < -0.3 is 15.3 Å². The van der Waals surface area contributed by atoms with Crippen molar-refractivity contribution < 1.29 is 23.9 Å². The molecule has 2 N–H and O–H groups in total. The molecule has 1 aliphatic heterocycles. The van der Waals surface area contributed by atoms with E-state index in [-0.39, 0.29) is 34.9 Å². The second kappa shape index (κ2) is 9.98. The fraction of sp³-hybridized carbons (Fsp3) is 0.357. The Morgan fingerprint density at radius 3 is 2.57 bits per heavy atom. The number of hydrogen-bond donors (Lipinski definition) is 2. The molecule has 1 saturated heterocycles. The van der Waals surface area contributed by atoms with Gasteiger partial charge in [-0.25, -0.2) is 19.3 Å². The van der Waals surface area contributed by atoms with Gasteiger partial charge in [0.05, 0.1) is 29.6 Å². The number of pyridine rings is 2. The minimum Gasteiger partial charge on any atom is -0.390 e. The summed E-state index contributed by atoms with van der Waals surface area (Å²) in [6.07, 6.45) is 4.25. The number of piperidine rings is 1. The molecule has 5 heterocycles. The van der Waals surface area contributed by atoms with Gasteiger partial charge in [0.2, 0.25) is 11.8 Å². The maximum atomic E-state index is 13.9. The molecule has 14 heteroatoms. The molecular formula is C28H26BrFN8O4. The van der Waals surface area contributed by atoms with E-state index >= 15 is 0 Å². The van der Waals surface area contributed by atoms with Crippen molar-refractivity contribution in [1.82, 2.24) is 34.6 Å². The molecule has 2 aliphatic rings. The molecule has 4 atom stereocenters. The number of aliphatic hydroxyl groups excluding tert-OH is 1. The molecule has 12 nitrogen and oxygen atoms in total. The zero-order valence-corrected chi connectivity index (χ0v) is 24.7. The number of anilines is 1. The quantitative estimate of drug-likeness (QED) is 0.240. The lowest BCUT2D eigenvalue weighted by Gasteiger charge is -2.28. The highest BCUT2D eigenvalue weighted by atomic mass is 79.9. The summed E-state index contributed by atoms with van der Waals surface area (Å²) in [6, 6.07) is 1.49. The first-order valence-electron chi connectivity index (χ1n) is 13.2. The first-order valence-corrected chi connectivity index (χ1v) is 14.0. The Morgan fingerprint density at radius 1 is 1.17 bits per heavy atom. The molecule has 2 fully saturated rings. The number of ketones is 1.